The summed E-state index contributed by atoms with van der Waals surface area (Å²) in [5.74, 6) is 1.54. The number of aromatic nitrogens is 2. The number of benzene rings is 2. The molecular weight excluding hydrogens is 472 g/mol. The minimum atomic E-state index is -0.673. The molecule has 1 saturated heterocycles. The zero-order chi connectivity index (χ0) is 26.0. The lowest BCUT2D eigenvalue weighted by Crippen LogP contribution is -2.27. The molecule has 0 aliphatic carbocycles. The van der Waals surface area contributed by atoms with Gasteiger partial charge in [0.15, 0.2) is 11.5 Å². The van der Waals surface area contributed by atoms with E-state index in [1.807, 2.05) is 63.2 Å². The minimum Gasteiger partial charge on any atom is -0.493 e. The maximum absolute atomic E-state index is 13.5. The van der Waals surface area contributed by atoms with Crippen molar-refractivity contribution in [3.8, 4) is 17.4 Å². The number of nitrogens with zero attached hydrogens (tertiary/aromatic N) is 2. The van der Waals surface area contributed by atoms with Gasteiger partial charge in [-0.25, -0.2) is 14.3 Å². The first kappa shape index (κ1) is 24.9. The summed E-state index contributed by atoms with van der Waals surface area (Å²) in [6.07, 6.45) is 2.71. The van der Waals surface area contributed by atoms with Crippen molar-refractivity contribution < 1.29 is 28.5 Å². The van der Waals surface area contributed by atoms with Gasteiger partial charge >= 0.3 is 6.09 Å². The number of hydrogen-bond acceptors (Lipinski definition) is 7. The number of fused-ring (bicyclic) bond motifs is 3. The molecule has 0 bridgehead atoms. The molecule has 4 aromatic rings. The number of hydrogen-bond donors (Lipinski definition) is 0. The van der Waals surface area contributed by atoms with Crippen molar-refractivity contribution in [2.75, 3.05) is 20.3 Å². The van der Waals surface area contributed by atoms with Crippen LogP contribution in [0.15, 0.2) is 54.7 Å². The molecule has 1 aliphatic rings. The second kappa shape index (κ2) is 10.3. The van der Waals surface area contributed by atoms with Crippen molar-refractivity contribution in [1.29, 1.82) is 0 Å². The third-order valence-electron chi connectivity index (χ3n) is 6.19. The van der Waals surface area contributed by atoms with Crippen LogP contribution >= 0.6 is 0 Å². The Hall–Kier alpha value is -3.78. The predicted octanol–water partition coefficient (Wildman–Crippen LogP) is 6.12. The van der Waals surface area contributed by atoms with Gasteiger partial charge in [0.2, 0.25) is 5.88 Å². The Bertz CT molecular complexity index is 1400. The smallest absolute Gasteiger partial charge is 0.419 e. The van der Waals surface area contributed by atoms with E-state index in [-0.39, 0.29) is 6.10 Å². The summed E-state index contributed by atoms with van der Waals surface area (Å²) < 4.78 is 31.0. The van der Waals surface area contributed by atoms with Crippen LogP contribution < -0.4 is 14.2 Å². The van der Waals surface area contributed by atoms with Crippen LogP contribution in [0.4, 0.5) is 4.79 Å². The minimum absolute atomic E-state index is 0.0119. The van der Waals surface area contributed by atoms with Crippen molar-refractivity contribution in [3.05, 3.63) is 60.3 Å². The summed E-state index contributed by atoms with van der Waals surface area (Å²) in [7, 11) is 1.60. The summed E-state index contributed by atoms with van der Waals surface area (Å²) in [4.78, 5) is 18.0. The summed E-state index contributed by atoms with van der Waals surface area (Å²) in [5.41, 5.74) is 1.61. The number of pyridine rings is 1. The summed E-state index contributed by atoms with van der Waals surface area (Å²) >= 11 is 0. The van der Waals surface area contributed by atoms with E-state index in [4.69, 9.17) is 23.7 Å². The molecule has 2 aromatic carbocycles. The molecule has 0 radical (unpaired) electrons. The average molecular weight is 505 g/mol. The quantitative estimate of drug-likeness (QED) is 0.313. The van der Waals surface area contributed by atoms with Gasteiger partial charge in [0.25, 0.3) is 0 Å². The third kappa shape index (κ3) is 5.34. The van der Waals surface area contributed by atoms with Crippen LogP contribution in [-0.2, 0) is 16.1 Å². The van der Waals surface area contributed by atoms with Gasteiger partial charge in [-0.05, 0) is 38.5 Å². The van der Waals surface area contributed by atoms with Gasteiger partial charge in [-0.2, -0.15) is 0 Å². The molecule has 5 rings (SSSR count). The lowest BCUT2D eigenvalue weighted by molar-refractivity contribution is 0.0244. The zero-order valence-electron chi connectivity index (χ0n) is 21.7. The Balaban J connectivity index is 1.66. The van der Waals surface area contributed by atoms with Gasteiger partial charge in [0, 0.05) is 30.5 Å². The highest BCUT2D eigenvalue weighted by Crippen LogP contribution is 2.41. The average Bonchev–Trinajstić information content (AvgIpc) is 3.21. The lowest BCUT2D eigenvalue weighted by atomic mass is 10.1. The van der Waals surface area contributed by atoms with Crippen LogP contribution in [0.3, 0.4) is 0 Å². The Kier molecular flexibility index (Phi) is 6.93. The van der Waals surface area contributed by atoms with Crippen molar-refractivity contribution in [2.45, 2.75) is 51.9 Å². The molecule has 8 heteroatoms. The van der Waals surface area contributed by atoms with Crippen LogP contribution in [0.2, 0.25) is 0 Å². The van der Waals surface area contributed by atoms with E-state index in [9.17, 15) is 4.79 Å². The molecule has 8 nitrogen and oxygen atoms in total. The molecule has 0 atom stereocenters. The second-order valence-electron chi connectivity index (χ2n) is 10.1. The second-order valence-corrected chi connectivity index (χ2v) is 10.1. The molecule has 3 heterocycles. The fraction of sp³-hybridized carbons (Fsp3) is 0.379. The fourth-order valence-corrected chi connectivity index (χ4v) is 4.49. The van der Waals surface area contributed by atoms with Gasteiger partial charge in [-0.15, -0.1) is 0 Å². The summed E-state index contributed by atoms with van der Waals surface area (Å²) in [5, 5.41) is 1.49. The van der Waals surface area contributed by atoms with Gasteiger partial charge in [-0.3, -0.25) is 0 Å². The van der Waals surface area contributed by atoms with E-state index in [0.29, 0.717) is 48.2 Å². The maximum Gasteiger partial charge on any atom is 0.419 e. The van der Waals surface area contributed by atoms with Crippen LogP contribution in [0, 0.1) is 0 Å². The van der Waals surface area contributed by atoms with Crippen molar-refractivity contribution in [3.63, 3.8) is 0 Å². The molecule has 0 amide bonds. The van der Waals surface area contributed by atoms with Gasteiger partial charge in [0.05, 0.1) is 36.7 Å². The van der Waals surface area contributed by atoms with E-state index >= 15 is 0 Å². The van der Waals surface area contributed by atoms with E-state index < -0.39 is 11.7 Å². The SMILES string of the molecule is COc1cc2c3c(OC4CCOCC4)nccc3n(C(=O)OC(C)(C)C)c2cc1OCc1ccccc1. The normalized spacial score (nSPS) is 14.6. The van der Waals surface area contributed by atoms with Crippen LogP contribution in [0.1, 0.15) is 39.2 Å². The predicted molar refractivity (Wildman–Crippen MR) is 141 cm³/mol. The van der Waals surface area contributed by atoms with Crippen molar-refractivity contribution >= 4 is 27.9 Å². The first-order chi connectivity index (χ1) is 17.8. The molecule has 0 saturated carbocycles. The molecule has 37 heavy (non-hydrogen) atoms. The molecule has 1 aliphatic heterocycles. The lowest BCUT2D eigenvalue weighted by Gasteiger charge is -2.23. The van der Waals surface area contributed by atoms with Crippen molar-refractivity contribution in [1.82, 2.24) is 9.55 Å². The van der Waals surface area contributed by atoms with Crippen LogP contribution in [0.5, 0.6) is 17.4 Å². The van der Waals surface area contributed by atoms with Crippen LogP contribution in [-0.4, -0.2) is 47.7 Å². The monoisotopic (exact) mass is 504 g/mol. The van der Waals surface area contributed by atoms with Crippen LogP contribution in [0.25, 0.3) is 21.8 Å². The topological polar surface area (TPSA) is 81.0 Å². The largest absolute Gasteiger partial charge is 0.493 e. The van der Waals surface area contributed by atoms with Gasteiger partial charge in [-0.1, -0.05) is 30.3 Å². The number of ether oxygens (including phenoxy) is 5. The standard InChI is InChI=1S/C29H32N2O6/c1-29(2,3)37-28(32)31-22-10-13-30-27(36-20-11-14-34-15-12-20)26(22)21-16-24(33-4)25(17-23(21)31)35-18-19-8-6-5-7-9-19/h5-10,13,16-17,20H,11-12,14-15,18H2,1-4H3. The number of rotatable bonds is 6. The fourth-order valence-electron chi connectivity index (χ4n) is 4.49. The van der Waals surface area contributed by atoms with E-state index in [0.717, 1.165) is 29.2 Å². The van der Waals surface area contributed by atoms with Gasteiger partial charge < -0.3 is 23.7 Å². The molecule has 2 aromatic heterocycles. The molecule has 0 N–H and O–H groups in total. The highest BCUT2D eigenvalue weighted by Gasteiger charge is 2.27. The first-order valence-corrected chi connectivity index (χ1v) is 12.5. The summed E-state index contributed by atoms with van der Waals surface area (Å²) in [6, 6.07) is 15.4. The van der Waals surface area contributed by atoms with E-state index in [1.54, 1.807) is 23.9 Å². The highest BCUT2D eigenvalue weighted by molar-refractivity contribution is 6.15. The Labute approximate surface area is 216 Å². The third-order valence-corrected chi connectivity index (χ3v) is 6.19. The maximum atomic E-state index is 13.5. The van der Waals surface area contributed by atoms with E-state index in [2.05, 4.69) is 4.98 Å². The molecule has 1 fully saturated rings. The molecule has 194 valence electrons. The molecule has 0 unspecified atom stereocenters. The number of carbonyl (C=O) groups excluding carboxylic acids is 1. The highest BCUT2D eigenvalue weighted by atomic mass is 16.6. The Morgan fingerprint density at radius 3 is 2.51 bits per heavy atom. The van der Waals surface area contributed by atoms with Gasteiger partial charge in [0.1, 0.15) is 18.3 Å². The van der Waals surface area contributed by atoms with Crippen molar-refractivity contribution in [2.24, 2.45) is 0 Å². The Morgan fingerprint density at radius 2 is 1.81 bits per heavy atom. The number of carbonyl (C=O) groups is 1. The van der Waals surface area contributed by atoms with E-state index in [1.165, 1.54) is 0 Å². The first-order valence-electron chi connectivity index (χ1n) is 12.5. The summed E-state index contributed by atoms with van der Waals surface area (Å²) in [6.45, 7) is 7.19. The Morgan fingerprint density at radius 1 is 1.05 bits per heavy atom. The zero-order valence-corrected chi connectivity index (χ0v) is 21.7. The molecular formula is C29H32N2O6. The molecule has 0 spiro atoms. The number of methoxy groups -OCH3 is 1.